The smallest absolute Gasteiger partial charge is 0.423 e. The number of fused-ring (bicyclic) bond motifs is 2. The van der Waals surface area contributed by atoms with Crippen molar-refractivity contribution >= 4 is 40.1 Å². The van der Waals surface area contributed by atoms with E-state index in [0.29, 0.717) is 22.8 Å². The Labute approximate surface area is 281 Å². The zero-order valence-electron chi connectivity index (χ0n) is 26.1. The fourth-order valence-corrected chi connectivity index (χ4v) is 6.10. The van der Waals surface area contributed by atoms with Gasteiger partial charge in [-0.25, -0.2) is 24.0 Å². The number of carbonyl (C=O) groups excluding carboxylic acids is 2. The second-order valence-electron chi connectivity index (χ2n) is 12.1. The van der Waals surface area contributed by atoms with Crippen LogP contribution in [0.2, 0.25) is 5.02 Å². The third kappa shape index (κ3) is 5.93. The molecule has 1 saturated carbocycles. The molecule has 0 saturated heterocycles. The minimum atomic E-state index is -4.23. The predicted octanol–water partition coefficient (Wildman–Crippen LogP) is 5.31. The lowest BCUT2D eigenvalue weighted by atomic mass is 9.91. The summed E-state index contributed by atoms with van der Waals surface area (Å²) in [4.78, 5) is 44.2. The third-order valence-corrected chi connectivity index (χ3v) is 8.75. The number of primary amides is 1. The first-order chi connectivity index (χ1) is 23.3. The molecule has 3 N–H and O–H groups in total. The number of carbonyl (C=O) groups is 2. The normalized spacial score (nSPS) is 16.7. The van der Waals surface area contributed by atoms with Crippen LogP contribution >= 0.6 is 11.6 Å². The number of aliphatic hydroxyl groups excluding tert-OH is 1. The maximum Gasteiger partial charge on any atom is 0.482 e. The monoisotopic (exact) mass is 692 g/mol. The topological polar surface area (TPSA) is 162 Å². The second kappa shape index (κ2) is 12.1. The summed E-state index contributed by atoms with van der Waals surface area (Å²) in [6.07, 6.45) is 0.179. The first kappa shape index (κ1) is 32.4. The van der Waals surface area contributed by atoms with Crippen molar-refractivity contribution in [3.8, 4) is 16.9 Å². The van der Waals surface area contributed by atoms with Crippen molar-refractivity contribution in [3.05, 3.63) is 88.2 Å². The molecule has 2 aliphatic rings. The number of halogens is 4. The molecule has 5 heterocycles. The number of hydrogen-bond donors (Lipinski definition) is 2. The van der Waals surface area contributed by atoms with Gasteiger partial charge in [0.2, 0.25) is 0 Å². The molecule has 4 aromatic heterocycles. The molecule has 5 aromatic rings. The Balaban J connectivity index is 1.46. The average molecular weight is 693 g/mol. The van der Waals surface area contributed by atoms with Crippen LogP contribution in [0.1, 0.15) is 72.1 Å². The van der Waals surface area contributed by atoms with Crippen molar-refractivity contribution in [3.63, 3.8) is 0 Å². The van der Waals surface area contributed by atoms with Crippen molar-refractivity contribution < 1.29 is 32.6 Å². The summed E-state index contributed by atoms with van der Waals surface area (Å²) >= 11 is 5.93. The first-order valence-corrected chi connectivity index (χ1v) is 15.7. The Hall–Kier alpha value is -5.15. The van der Waals surface area contributed by atoms with Crippen molar-refractivity contribution in [2.75, 3.05) is 4.90 Å². The lowest BCUT2D eigenvalue weighted by Gasteiger charge is -2.33. The Morgan fingerprint density at radius 1 is 1.14 bits per heavy atom. The largest absolute Gasteiger partial charge is 0.482 e. The molecule has 16 heteroatoms. The fraction of sp³-hybridized carbons (Fsp3) is 0.303. The molecule has 0 radical (unpaired) electrons. The van der Waals surface area contributed by atoms with Gasteiger partial charge in [-0.2, -0.15) is 13.9 Å². The molecule has 0 spiro atoms. The van der Waals surface area contributed by atoms with Gasteiger partial charge in [-0.15, -0.1) is 0 Å². The molecule has 2 amide bonds. The average Bonchev–Trinajstić information content (AvgIpc) is 3.79. The zero-order chi connectivity index (χ0) is 34.8. The van der Waals surface area contributed by atoms with E-state index in [2.05, 4.69) is 20.1 Å². The predicted molar refractivity (Wildman–Crippen MR) is 170 cm³/mol. The number of ether oxygens (including phenoxy) is 1. The van der Waals surface area contributed by atoms with Gasteiger partial charge in [-0.05, 0) is 68.9 Å². The lowest BCUT2D eigenvalue weighted by molar-refractivity contribution is -0.193. The number of benzene rings is 1. The minimum Gasteiger partial charge on any atom is -0.423 e. The fourth-order valence-electron chi connectivity index (χ4n) is 5.99. The molecule has 0 bridgehead atoms. The maximum absolute atomic E-state index is 15.1. The van der Waals surface area contributed by atoms with Crippen molar-refractivity contribution in [2.45, 2.75) is 57.9 Å². The van der Waals surface area contributed by atoms with Crippen molar-refractivity contribution in [1.82, 2.24) is 29.7 Å². The van der Waals surface area contributed by atoms with Gasteiger partial charge in [-0.3, -0.25) is 19.5 Å². The molecule has 1 unspecified atom stereocenters. The Kier molecular flexibility index (Phi) is 7.98. The molecule has 1 fully saturated rings. The highest BCUT2D eigenvalue weighted by Crippen LogP contribution is 2.46. The Bertz CT molecular complexity index is 2120. The van der Waals surface area contributed by atoms with Gasteiger partial charge >= 0.3 is 12.0 Å². The number of nitrogens with zero attached hydrogens (tertiary/aromatic N) is 7. The second-order valence-corrected chi connectivity index (χ2v) is 12.6. The van der Waals surface area contributed by atoms with E-state index in [9.17, 15) is 19.1 Å². The summed E-state index contributed by atoms with van der Waals surface area (Å²) in [5, 5.41) is 16.2. The molecule has 49 heavy (non-hydrogen) atoms. The van der Waals surface area contributed by atoms with Gasteiger partial charge in [0.15, 0.2) is 23.0 Å². The molecular weight excluding hydrogens is 665 g/mol. The quantitative estimate of drug-likeness (QED) is 0.209. The van der Waals surface area contributed by atoms with Gasteiger partial charge < -0.3 is 15.6 Å². The molecule has 7 rings (SSSR count). The summed E-state index contributed by atoms with van der Waals surface area (Å²) in [6.45, 7) is 2.88. The third-order valence-electron chi connectivity index (χ3n) is 8.52. The van der Waals surface area contributed by atoms with Crippen molar-refractivity contribution in [1.29, 1.82) is 0 Å². The number of pyridine rings is 2. The van der Waals surface area contributed by atoms with Crippen LogP contribution in [0.5, 0.6) is 5.75 Å². The van der Waals surface area contributed by atoms with Crippen LogP contribution in [0.3, 0.4) is 0 Å². The van der Waals surface area contributed by atoms with Gasteiger partial charge in [0.25, 0.3) is 5.91 Å². The summed E-state index contributed by atoms with van der Waals surface area (Å²) in [5.74, 6) is -2.94. The number of amides is 2. The lowest BCUT2D eigenvalue weighted by Crippen LogP contribution is -2.50. The van der Waals surface area contributed by atoms with Crippen LogP contribution in [-0.4, -0.2) is 52.7 Å². The summed E-state index contributed by atoms with van der Waals surface area (Å²) in [7, 11) is 0. The van der Waals surface area contributed by atoms with Crippen LogP contribution in [0.25, 0.3) is 22.2 Å². The number of aliphatic hydroxyl groups is 1. The molecular formula is C33H28ClF3N8O4. The highest BCUT2D eigenvalue weighted by molar-refractivity contribution is 6.30. The number of alkyl halides is 2. The molecule has 1 aromatic carbocycles. The van der Waals surface area contributed by atoms with E-state index in [1.807, 2.05) is 0 Å². The van der Waals surface area contributed by atoms with E-state index < -0.39 is 35.9 Å². The van der Waals surface area contributed by atoms with E-state index in [4.69, 9.17) is 27.1 Å². The van der Waals surface area contributed by atoms with Crippen LogP contribution in [0.4, 0.5) is 18.9 Å². The molecule has 12 nitrogen and oxygen atoms in total. The number of nitrogens with two attached hydrogens (primary N) is 1. The summed E-state index contributed by atoms with van der Waals surface area (Å²) in [6, 6.07) is 6.58. The summed E-state index contributed by atoms with van der Waals surface area (Å²) < 4.78 is 50.4. The van der Waals surface area contributed by atoms with E-state index in [-0.39, 0.29) is 63.1 Å². The molecule has 1 aliphatic carbocycles. The van der Waals surface area contributed by atoms with Gasteiger partial charge in [0.1, 0.15) is 11.7 Å². The molecule has 252 valence electrons. The number of anilines is 1. The van der Waals surface area contributed by atoms with Crippen LogP contribution in [0, 0.1) is 11.7 Å². The van der Waals surface area contributed by atoms with E-state index in [1.54, 1.807) is 13.0 Å². The highest BCUT2D eigenvalue weighted by Gasteiger charge is 2.50. The number of aromatic nitrogens is 6. The highest BCUT2D eigenvalue weighted by atomic mass is 35.5. The Morgan fingerprint density at radius 3 is 2.51 bits per heavy atom. The van der Waals surface area contributed by atoms with E-state index >= 15 is 8.78 Å². The van der Waals surface area contributed by atoms with Gasteiger partial charge in [-0.1, -0.05) is 17.7 Å². The minimum absolute atomic E-state index is 0.0346. The number of rotatable bonds is 9. The summed E-state index contributed by atoms with van der Waals surface area (Å²) in [5.41, 5.74) is 7.51. The Morgan fingerprint density at radius 2 is 1.88 bits per heavy atom. The maximum atomic E-state index is 15.1. The van der Waals surface area contributed by atoms with Crippen LogP contribution in [0.15, 0.2) is 48.9 Å². The van der Waals surface area contributed by atoms with E-state index in [1.165, 1.54) is 42.1 Å². The van der Waals surface area contributed by atoms with E-state index in [0.717, 1.165) is 30.1 Å². The zero-order valence-corrected chi connectivity index (χ0v) is 26.8. The first-order valence-electron chi connectivity index (χ1n) is 15.4. The van der Waals surface area contributed by atoms with Gasteiger partial charge in [0, 0.05) is 11.8 Å². The van der Waals surface area contributed by atoms with Crippen LogP contribution < -0.4 is 15.4 Å². The molecule has 2 atom stereocenters. The van der Waals surface area contributed by atoms with Crippen LogP contribution in [-0.2, 0) is 17.8 Å². The van der Waals surface area contributed by atoms with Gasteiger partial charge in [0.05, 0.1) is 58.1 Å². The standard InChI is InChI=1S/C33H28ClF3N8O4/c1-15(30-40-12-20(35)13-41-30)45-31-27(28(43-45)16(2)46)25(26(29(38)47)22(42-31)9-17-3-4-17)18-5-8-23-24(10-18)49-33(36,37)32(48)44(23)14-21-7-6-19(34)11-39-21/h5-8,10-13,15-17,46H,3-4,9,14H2,1-2H3,(H2,38,47)/t15-,16?/m1/s1. The SMILES string of the molecule is CC(O)c1nn([C@H](C)c2ncc(F)cn2)c2nc(CC3CC3)c(C(N)=O)c(-c3ccc4c(c3)OC(F)(F)C(=O)N4Cc3ccc(Cl)cn3)c12. The molecule has 1 aliphatic heterocycles. The van der Waals surface area contributed by atoms with Crippen molar-refractivity contribution in [2.24, 2.45) is 11.7 Å². The number of hydrogen-bond acceptors (Lipinski definition) is 9.